The van der Waals surface area contributed by atoms with Gasteiger partial charge >= 0.3 is 0 Å². The van der Waals surface area contributed by atoms with Crippen LogP contribution >= 0.6 is 0 Å². The summed E-state index contributed by atoms with van der Waals surface area (Å²) in [5.74, 6) is -0.0906. The number of aryl methyl sites for hydroxylation is 1. The maximum atomic E-state index is 12.1. The first-order valence-corrected chi connectivity index (χ1v) is 8.35. The number of sulfonamides is 1. The molecule has 5 heteroatoms. The van der Waals surface area contributed by atoms with Crippen LogP contribution in [-0.4, -0.2) is 13.5 Å². The van der Waals surface area contributed by atoms with Gasteiger partial charge in [0.1, 0.15) is 0 Å². The fourth-order valence-corrected chi connectivity index (χ4v) is 3.21. The second kappa shape index (κ2) is 6.85. The highest BCUT2D eigenvalue weighted by atomic mass is 32.2. The Hall–Kier alpha value is -1.69. The quantitative estimate of drug-likeness (QED) is 0.859. The smallest absolute Gasteiger partial charge is 0.216 e. The molecule has 0 fully saturated rings. The molecule has 112 valence electrons. The van der Waals surface area contributed by atoms with Crippen molar-refractivity contribution < 1.29 is 13.5 Å². The van der Waals surface area contributed by atoms with Gasteiger partial charge in [-0.15, -0.1) is 0 Å². The van der Waals surface area contributed by atoms with Crippen LogP contribution in [0.4, 0.5) is 0 Å². The molecule has 0 aromatic heterocycles. The maximum Gasteiger partial charge on any atom is 0.216 e. The molecule has 2 N–H and O–H groups in total. The highest BCUT2D eigenvalue weighted by Gasteiger charge is 2.11. The topological polar surface area (TPSA) is 66.4 Å². The number of benzene rings is 2. The van der Waals surface area contributed by atoms with Crippen LogP contribution in [0.3, 0.4) is 0 Å². The molecule has 0 radical (unpaired) electrons. The van der Waals surface area contributed by atoms with Crippen molar-refractivity contribution in [3.05, 3.63) is 70.8 Å². The van der Waals surface area contributed by atoms with Crippen molar-refractivity contribution in [1.29, 1.82) is 0 Å². The molecule has 2 aromatic rings. The molecule has 0 aliphatic heterocycles. The highest BCUT2D eigenvalue weighted by molar-refractivity contribution is 7.88. The molecular weight excluding hydrogens is 286 g/mol. The van der Waals surface area contributed by atoms with E-state index in [4.69, 9.17) is 5.11 Å². The van der Waals surface area contributed by atoms with Crippen molar-refractivity contribution in [1.82, 2.24) is 4.72 Å². The molecule has 0 amide bonds. The molecule has 0 aliphatic carbocycles. The Bertz CT molecular complexity index is 711. The molecule has 21 heavy (non-hydrogen) atoms. The van der Waals surface area contributed by atoms with Gasteiger partial charge in [0.2, 0.25) is 10.0 Å². The molecule has 0 atom stereocenters. The maximum absolute atomic E-state index is 12.1. The van der Waals surface area contributed by atoms with E-state index in [1.54, 1.807) is 24.3 Å². The van der Waals surface area contributed by atoms with Crippen molar-refractivity contribution >= 4 is 10.0 Å². The van der Waals surface area contributed by atoms with E-state index in [2.05, 4.69) is 4.72 Å². The van der Waals surface area contributed by atoms with Gasteiger partial charge in [-0.1, -0.05) is 54.1 Å². The summed E-state index contributed by atoms with van der Waals surface area (Å²) in [6.07, 6.45) is 0. The molecule has 0 spiro atoms. The van der Waals surface area contributed by atoms with Gasteiger partial charge in [0, 0.05) is 6.54 Å². The molecular formula is C16H19NO3S. The van der Waals surface area contributed by atoms with E-state index in [0.29, 0.717) is 11.1 Å². The summed E-state index contributed by atoms with van der Waals surface area (Å²) < 4.78 is 26.8. The summed E-state index contributed by atoms with van der Waals surface area (Å²) in [5.41, 5.74) is 3.41. The van der Waals surface area contributed by atoms with Gasteiger partial charge in [-0.3, -0.25) is 0 Å². The van der Waals surface area contributed by atoms with Crippen LogP contribution in [0.1, 0.15) is 22.3 Å². The van der Waals surface area contributed by atoms with Crippen LogP contribution in [-0.2, 0) is 28.9 Å². The largest absolute Gasteiger partial charge is 0.392 e. The lowest BCUT2D eigenvalue weighted by Crippen LogP contribution is -2.24. The van der Waals surface area contributed by atoms with Crippen LogP contribution in [0.2, 0.25) is 0 Å². The van der Waals surface area contributed by atoms with Crippen molar-refractivity contribution in [2.75, 3.05) is 0 Å². The lowest BCUT2D eigenvalue weighted by atomic mass is 10.1. The van der Waals surface area contributed by atoms with Crippen molar-refractivity contribution in [2.45, 2.75) is 25.8 Å². The number of hydrogen-bond donors (Lipinski definition) is 2. The van der Waals surface area contributed by atoms with Gasteiger partial charge in [-0.2, -0.15) is 0 Å². The van der Waals surface area contributed by atoms with Crippen LogP contribution in [0.25, 0.3) is 0 Å². The zero-order chi connectivity index (χ0) is 15.3. The minimum absolute atomic E-state index is 0.0906. The zero-order valence-electron chi connectivity index (χ0n) is 11.9. The summed E-state index contributed by atoms with van der Waals surface area (Å²) in [4.78, 5) is 0. The number of rotatable bonds is 6. The summed E-state index contributed by atoms with van der Waals surface area (Å²) in [6.45, 7) is 2.16. The second-order valence-corrected chi connectivity index (χ2v) is 6.85. The molecule has 0 heterocycles. The first-order valence-electron chi connectivity index (χ1n) is 6.70. The summed E-state index contributed by atoms with van der Waals surface area (Å²) in [7, 11) is -3.40. The minimum Gasteiger partial charge on any atom is -0.392 e. The average Bonchev–Trinajstić information content (AvgIpc) is 2.45. The lowest BCUT2D eigenvalue weighted by molar-refractivity contribution is 0.282. The number of hydrogen-bond acceptors (Lipinski definition) is 3. The Morgan fingerprint density at radius 3 is 2.38 bits per heavy atom. The van der Waals surface area contributed by atoms with Gasteiger partial charge in [0.15, 0.2) is 0 Å². The zero-order valence-corrected chi connectivity index (χ0v) is 12.7. The molecule has 4 nitrogen and oxygen atoms in total. The third kappa shape index (κ3) is 4.97. The molecule has 0 saturated carbocycles. The Morgan fingerprint density at radius 1 is 1.00 bits per heavy atom. The summed E-state index contributed by atoms with van der Waals surface area (Å²) >= 11 is 0. The van der Waals surface area contributed by atoms with E-state index in [0.717, 1.165) is 11.1 Å². The molecule has 2 rings (SSSR count). The van der Waals surface area contributed by atoms with E-state index in [-0.39, 0.29) is 18.9 Å². The predicted octanol–water partition coefficient (Wildman–Crippen LogP) is 2.11. The average molecular weight is 305 g/mol. The number of nitrogens with one attached hydrogen (secondary N) is 1. The minimum atomic E-state index is -3.40. The van der Waals surface area contributed by atoms with Crippen LogP contribution in [0.15, 0.2) is 48.5 Å². The Kier molecular flexibility index (Phi) is 5.12. The van der Waals surface area contributed by atoms with Crippen LogP contribution in [0, 0.1) is 6.92 Å². The lowest BCUT2D eigenvalue weighted by Gasteiger charge is -2.08. The second-order valence-electron chi connectivity index (χ2n) is 5.05. The SMILES string of the molecule is Cc1cccc(CNS(=O)(=O)Cc2cccc(CO)c2)c1. The Balaban J connectivity index is 2.01. The van der Waals surface area contributed by atoms with Gasteiger partial charge in [0.25, 0.3) is 0 Å². The molecule has 0 saturated heterocycles. The van der Waals surface area contributed by atoms with Crippen molar-refractivity contribution in [3.8, 4) is 0 Å². The third-order valence-corrected chi connectivity index (χ3v) is 4.41. The number of aliphatic hydroxyl groups is 1. The van der Waals surface area contributed by atoms with Gasteiger partial charge < -0.3 is 5.11 Å². The summed E-state index contributed by atoms with van der Waals surface area (Å²) in [6, 6.07) is 14.7. The van der Waals surface area contributed by atoms with Crippen LogP contribution < -0.4 is 4.72 Å². The number of aliphatic hydroxyl groups excluding tert-OH is 1. The van der Waals surface area contributed by atoms with Gasteiger partial charge in [0.05, 0.1) is 12.4 Å². The first kappa shape index (κ1) is 15.7. The van der Waals surface area contributed by atoms with Crippen molar-refractivity contribution in [3.63, 3.8) is 0 Å². The molecule has 0 unspecified atom stereocenters. The van der Waals surface area contributed by atoms with E-state index in [1.807, 2.05) is 31.2 Å². The fraction of sp³-hybridized carbons (Fsp3) is 0.250. The fourth-order valence-electron chi connectivity index (χ4n) is 2.10. The Morgan fingerprint density at radius 2 is 1.67 bits per heavy atom. The predicted molar refractivity (Wildman–Crippen MR) is 83.0 cm³/mol. The van der Waals surface area contributed by atoms with Gasteiger partial charge in [-0.05, 0) is 23.6 Å². The van der Waals surface area contributed by atoms with Crippen LogP contribution in [0.5, 0.6) is 0 Å². The molecule has 2 aromatic carbocycles. The third-order valence-electron chi connectivity index (χ3n) is 3.11. The van der Waals surface area contributed by atoms with Crippen molar-refractivity contribution in [2.24, 2.45) is 0 Å². The molecule has 0 aliphatic rings. The van der Waals surface area contributed by atoms with Gasteiger partial charge in [-0.25, -0.2) is 13.1 Å². The standard InChI is InChI=1S/C16H19NO3S/c1-13-4-2-5-14(8-13)10-17-21(19,20)12-16-7-3-6-15(9-16)11-18/h2-9,17-18H,10-12H2,1H3. The highest BCUT2D eigenvalue weighted by Crippen LogP contribution is 2.10. The molecule has 0 bridgehead atoms. The normalized spacial score (nSPS) is 11.5. The Labute approximate surface area is 125 Å². The summed E-state index contributed by atoms with van der Waals surface area (Å²) in [5, 5.41) is 9.07. The monoisotopic (exact) mass is 305 g/mol. The van der Waals surface area contributed by atoms with E-state index < -0.39 is 10.0 Å². The van der Waals surface area contributed by atoms with E-state index >= 15 is 0 Å². The van der Waals surface area contributed by atoms with E-state index in [1.165, 1.54) is 0 Å². The first-order chi connectivity index (χ1) is 9.98. The van der Waals surface area contributed by atoms with E-state index in [9.17, 15) is 8.42 Å².